The van der Waals surface area contributed by atoms with Gasteiger partial charge in [-0.2, -0.15) is 0 Å². The van der Waals surface area contributed by atoms with Gasteiger partial charge in [-0.05, 0) is 50.3 Å². The van der Waals surface area contributed by atoms with E-state index in [9.17, 15) is 9.90 Å². The minimum Gasteiger partial charge on any atom is -0.395 e. The quantitative estimate of drug-likeness (QED) is 0.816. The fraction of sp³-hybridized carbons (Fsp3) is 0.625. The van der Waals surface area contributed by atoms with E-state index in [1.165, 1.54) is 24.0 Å². The second-order valence-corrected chi connectivity index (χ2v) is 8.83. The first kappa shape index (κ1) is 20.4. The smallest absolute Gasteiger partial charge is 0.317 e. The van der Waals surface area contributed by atoms with Gasteiger partial charge in [-0.25, -0.2) is 4.79 Å². The summed E-state index contributed by atoms with van der Waals surface area (Å²) in [5.74, 6) is 0.277. The summed E-state index contributed by atoms with van der Waals surface area (Å²) < 4.78 is 0. The van der Waals surface area contributed by atoms with E-state index in [-0.39, 0.29) is 30.6 Å². The van der Waals surface area contributed by atoms with Gasteiger partial charge >= 0.3 is 6.03 Å². The normalized spacial score (nSPS) is 28.6. The van der Waals surface area contributed by atoms with Crippen molar-refractivity contribution in [3.63, 3.8) is 0 Å². The molecule has 2 N–H and O–H groups in total. The minimum absolute atomic E-state index is 0.105. The van der Waals surface area contributed by atoms with Crippen LogP contribution in [0.15, 0.2) is 30.3 Å². The third kappa shape index (κ3) is 4.36. The van der Waals surface area contributed by atoms with E-state index in [0.29, 0.717) is 6.04 Å². The molecule has 0 radical (unpaired) electrons. The summed E-state index contributed by atoms with van der Waals surface area (Å²) in [5.41, 5.74) is 2.47. The van der Waals surface area contributed by atoms with E-state index in [2.05, 4.69) is 40.6 Å². The number of aliphatic hydroxyl groups excluding tert-OH is 1. The van der Waals surface area contributed by atoms with Gasteiger partial charge in [0.05, 0.1) is 6.61 Å². The van der Waals surface area contributed by atoms with Crippen molar-refractivity contribution in [1.29, 1.82) is 0 Å². The molecule has 5 heteroatoms. The number of allylic oxidation sites excluding steroid dienone is 1. The fourth-order valence-electron chi connectivity index (χ4n) is 5.48. The molecule has 4 rings (SSSR count). The molecule has 1 aromatic carbocycles. The number of aliphatic hydroxyl groups is 1. The van der Waals surface area contributed by atoms with E-state index in [4.69, 9.17) is 0 Å². The molecule has 0 aromatic heterocycles. The van der Waals surface area contributed by atoms with Crippen molar-refractivity contribution in [2.75, 3.05) is 26.2 Å². The van der Waals surface area contributed by atoms with E-state index >= 15 is 0 Å². The number of hydrogen-bond donors (Lipinski definition) is 2. The Morgan fingerprint density at radius 3 is 2.55 bits per heavy atom. The van der Waals surface area contributed by atoms with Crippen LogP contribution in [0, 0.1) is 0 Å². The molecule has 2 aliphatic heterocycles. The lowest BCUT2D eigenvalue weighted by Crippen LogP contribution is -2.68. The van der Waals surface area contributed by atoms with E-state index in [1.54, 1.807) is 0 Å². The number of nitrogens with zero attached hydrogens (tertiary/aromatic N) is 2. The Labute approximate surface area is 174 Å². The molecular weight excluding hydrogens is 362 g/mol. The molecule has 0 bridgehead atoms. The summed E-state index contributed by atoms with van der Waals surface area (Å²) in [4.78, 5) is 17.4. The average Bonchev–Trinajstić information content (AvgIpc) is 3.21. The van der Waals surface area contributed by atoms with Crippen LogP contribution in [-0.4, -0.2) is 65.3 Å². The Hall–Kier alpha value is -1.85. The van der Waals surface area contributed by atoms with E-state index in [0.717, 1.165) is 45.3 Å². The molecule has 5 nitrogen and oxygen atoms in total. The molecule has 0 spiro atoms. The maximum Gasteiger partial charge on any atom is 0.317 e. The van der Waals surface area contributed by atoms with Gasteiger partial charge < -0.3 is 15.3 Å². The summed E-state index contributed by atoms with van der Waals surface area (Å²) in [6.07, 6.45) is 10.9. The third-order valence-corrected chi connectivity index (χ3v) is 7.02. The van der Waals surface area contributed by atoms with E-state index in [1.807, 2.05) is 17.9 Å². The molecule has 3 aliphatic rings. The number of amides is 2. The van der Waals surface area contributed by atoms with Crippen LogP contribution in [0.5, 0.6) is 0 Å². The molecule has 2 amide bonds. The Morgan fingerprint density at radius 1 is 1.14 bits per heavy atom. The highest BCUT2D eigenvalue weighted by Crippen LogP contribution is 2.42. The van der Waals surface area contributed by atoms with Gasteiger partial charge in [0.25, 0.3) is 0 Å². The lowest BCUT2D eigenvalue weighted by atomic mass is 9.74. The van der Waals surface area contributed by atoms with Crippen molar-refractivity contribution in [3.05, 3.63) is 41.5 Å². The van der Waals surface area contributed by atoms with Crippen molar-refractivity contribution in [2.24, 2.45) is 0 Å². The van der Waals surface area contributed by atoms with Gasteiger partial charge in [-0.3, -0.25) is 4.90 Å². The number of benzene rings is 1. The van der Waals surface area contributed by atoms with Crippen molar-refractivity contribution in [2.45, 2.75) is 69.5 Å². The first-order valence-electron chi connectivity index (χ1n) is 11.4. The molecule has 1 saturated carbocycles. The average molecular weight is 398 g/mol. The summed E-state index contributed by atoms with van der Waals surface area (Å²) in [7, 11) is 0. The molecule has 3 fully saturated rings. The van der Waals surface area contributed by atoms with Crippen LogP contribution < -0.4 is 5.32 Å². The van der Waals surface area contributed by atoms with Crippen LogP contribution in [0.1, 0.15) is 62.5 Å². The molecule has 3 atom stereocenters. The second kappa shape index (κ2) is 9.31. The Balaban J connectivity index is 1.49. The SMILES string of the molecule is C/C=C/c1ccc([C@H]2[C@@H](CO)N3CCCCN(C(=O)NC4CCCC4)C[C@H]23)cc1. The summed E-state index contributed by atoms with van der Waals surface area (Å²) in [6.45, 7) is 4.79. The molecule has 29 heavy (non-hydrogen) atoms. The zero-order valence-corrected chi connectivity index (χ0v) is 17.6. The summed E-state index contributed by atoms with van der Waals surface area (Å²) >= 11 is 0. The predicted octanol–water partition coefficient (Wildman–Crippen LogP) is 3.60. The van der Waals surface area contributed by atoms with Crippen LogP contribution >= 0.6 is 0 Å². The van der Waals surface area contributed by atoms with Crippen molar-refractivity contribution >= 4 is 12.1 Å². The van der Waals surface area contributed by atoms with Gasteiger partial charge in [0, 0.05) is 37.1 Å². The van der Waals surface area contributed by atoms with Gasteiger partial charge in [0.1, 0.15) is 0 Å². The molecule has 158 valence electrons. The maximum atomic E-state index is 12.9. The zero-order valence-electron chi connectivity index (χ0n) is 17.6. The topological polar surface area (TPSA) is 55.8 Å². The first-order valence-corrected chi connectivity index (χ1v) is 11.4. The van der Waals surface area contributed by atoms with Crippen LogP contribution in [0.2, 0.25) is 0 Å². The van der Waals surface area contributed by atoms with Crippen LogP contribution in [0.4, 0.5) is 4.79 Å². The minimum atomic E-state index is 0.105. The van der Waals surface area contributed by atoms with Gasteiger partial charge in [0.2, 0.25) is 0 Å². The maximum absolute atomic E-state index is 12.9. The fourth-order valence-corrected chi connectivity index (χ4v) is 5.48. The number of hydrogen-bond acceptors (Lipinski definition) is 3. The molecule has 2 saturated heterocycles. The van der Waals surface area contributed by atoms with Crippen molar-refractivity contribution in [3.8, 4) is 0 Å². The van der Waals surface area contributed by atoms with E-state index < -0.39 is 0 Å². The number of nitrogens with one attached hydrogen (secondary N) is 1. The number of carbonyl (C=O) groups excluding carboxylic acids is 1. The lowest BCUT2D eigenvalue weighted by Gasteiger charge is -2.57. The second-order valence-electron chi connectivity index (χ2n) is 8.83. The molecule has 1 aromatic rings. The number of carbonyl (C=O) groups is 1. The molecule has 1 aliphatic carbocycles. The van der Waals surface area contributed by atoms with Gasteiger partial charge in [0.15, 0.2) is 0 Å². The first-order chi connectivity index (χ1) is 14.2. The van der Waals surface area contributed by atoms with Gasteiger partial charge in [-0.15, -0.1) is 0 Å². The summed E-state index contributed by atoms with van der Waals surface area (Å²) in [5, 5.41) is 13.3. The van der Waals surface area contributed by atoms with Crippen molar-refractivity contribution < 1.29 is 9.90 Å². The lowest BCUT2D eigenvalue weighted by molar-refractivity contribution is -0.0591. The largest absolute Gasteiger partial charge is 0.395 e. The molecule has 2 heterocycles. The monoisotopic (exact) mass is 397 g/mol. The number of fused-ring (bicyclic) bond motifs is 1. The predicted molar refractivity (Wildman–Crippen MR) is 117 cm³/mol. The molecular formula is C24H35N3O2. The zero-order chi connectivity index (χ0) is 20.2. The van der Waals surface area contributed by atoms with Crippen LogP contribution in [-0.2, 0) is 0 Å². The van der Waals surface area contributed by atoms with Crippen molar-refractivity contribution in [1.82, 2.24) is 15.1 Å². The Bertz CT molecular complexity index is 711. The highest BCUT2D eigenvalue weighted by molar-refractivity contribution is 5.74. The molecule has 0 unspecified atom stereocenters. The highest BCUT2D eigenvalue weighted by atomic mass is 16.3. The Kier molecular flexibility index (Phi) is 6.56. The Morgan fingerprint density at radius 2 is 1.86 bits per heavy atom. The standard InChI is InChI=1S/C24H35N3O2/c1-2-7-18-10-12-19(13-11-18)23-21-16-26(24(29)25-20-8-3-4-9-20)14-5-6-15-27(21)22(23)17-28/h2,7,10-13,20-23,28H,3-6,8-9,14-17H2,1H3,(H,25,29)/b7-2+/t21-,22-,23-/m1/s1. The highest BCUT2D eigenvalue weighted by Gasteiger charge is 2.49. The van der Waals surface area contributed by atoms with Crippen LogP contribution in [0.25, 0.3) is 6.08 Å². The summed E-state index contributed by atoms with van der Waals surface area (Å²) in [6, 6.07) is 9.60. The number of urea groups is 1. The van der Waals surface area contributed by atoms with Crippen LogP contribution in [0.3, 0.4) is 0 Å². The van der Waals surface area contributed by atoms with Gasteiger partial charge in [-0.1, -0.05) is 49.3 Å². The third-order valence-electron chi connectivity index (χ3n) is 7.02. The number of rotatable bonds is 4.